The van der Waals surface area contributed by atoms with Gasteiger partial charge >= 0.3 is 5.97 Å². The molecule has 1 N–H and O–H groups in total. The van der Waals surface area contributed by atoms with Gasteiger partial charge in [0.25, 0.3) is 0 Å². The Hall–Kier alpha value is -1.10. The fourth-order valence-corrected chi connectivity index (χ4v) is 4.27. The number of nitrogens with one attached hydrogen (secondary N) is 1. The van der Waals surface area contributed by atoms with Crippen LogP contribution in [0, 0.1) is 16.7 Å². The van der Waals surface area contributed by atoms with Crippen LogP contribution in [0.1, 0.15) is 67.2 Å². The van der Waals surface area contributed by atoms with Crippen LogP contribution in [-0.4, -0.2) is 49.6 Å². The predicted octanol–water partition coefficient (Wildman–Crippen LogP) is 3.23. The van der Waals surface area contributed by atoms with Gasteiger partial charge in [0.1, 0.15) is 0 Å². The number of amides is 1. The fraction of sp³-hybridized carbons (Fsp3) is 0.900. The number of hydrogen-bond acceptors (Lipinski definition) is 4. The summed E-state index contributed by atoms with van der Waals surface area (Å²) in [4.78, 5) is 26.2. The number of nitrogens with zero attached hydrogens (tertiary/aromatic N) is 1. The van der Waals surface area contributed by atoms with E-state index in [2.05, 4.69) is 37.9 Å². The Bertz CT molecular complexity index is 450. The number of carbonyl (C=O) groups is 2. The number of piperidine rings is 1. The second kappa shape index (κ2) is 9.02. The summed E-state index contributed by atoms with van der Waals surface area (Å²) in [6.07, 6.45) is 3.22. The molecule has 25 heavy (non-hydrogen) atoms. The summed E-state index contributed by atoms with van der Waals surface area (Å²) >= 11 is 0. The number of likely N-dealkylation sites (tertiary alicyclic amines) is 1. The molecule has 0 saturated carbocycles. The number of esters is 1. The molecular weight excluding hydrogens is 316 g/mol. The van der Waals surface area contributed by atoms with Crippen molar-refractivity contribution in [2.75, 3.05) is 26.7 Å². The Labute approximate surface area is 153 Å². The average molecular weight is 355 g/mol. The first-order valence-corrected chi connectivity index (χ1v) is 9.57. The smallest absolute Gasteiger partial charge is 0.306 e. The summed E-state index contributed by atoms with van der Waals surface area (Å²) in [5.41, 5.74) is 0.0252. The molecule has 0 aromatic rings. The third kappa shape index (κ3) is 8.21. The first-order valence-electron chi connectivity index (χ1n) is 9.57. The van der Waals surface area contributed by atoms with E-state index in [4.69, 9.17) is 4.74 Å². The molecule has 1 aliphatic heterocycles. The topological polar surface area (TPSA) is 58.6 Å². The molecule has 5 nitrogen and oxygen atoms in total. The van der Waals surface area contributed by atoms with Gasteiger partial charge in [0.2, 0.25) is 5.91 Å². The van der Waals surface area contributed by atoms with Gasteiger partial charge in [-0.15, -0.1) is 0 Å². The Balaban J connectivity index is 2.49. The van der Waals surface area contributed by atoms with Gasteiger partial charge in [-0.3, -0.25) is 9.59 Å². The van der Waals surface area contributed by atoms with E-state index in [-0.39, 0.29) is 34.7 Å². The van der Waals surface area contributed by atoms with Crippen molar-refractivity contribution >= 4 is 11.9 Å². The van der Waals surface area contributed by atoms with E-state index in [0.717, 1.165) is 38.9 Å². The Morgan fingerprint density at radius 2 is 1.68 bits per heavy atom. The minimum atomic E-state index is -0.109. The number of carbonyl (C=O) groups excluding carboxylic acids is 2. The lowest BCUT2D eigenvalue weighted by atomic mass is 9.73. The van der Waals surface area contributed by atoms with Crippen LogP contribution in [0.2, 0.25) is 0 Å². The summed E-state index contributed by atoms with van der Waals surface area (Å²) in [7, 11) is 1.71. The molecule has 0 aliphatic carbocycles. The minimum absolute atomic E-state index is 0.0575. The molecule has 146 valence electrons. The Morgan fingerprint density at radius 1 is 1.12 bits per heavy atom. The number of rotatable bonds is 8. The van der Waals surface area contributed by atoms with Crippen LogP contribution in [-0.2, 0) is 14.3 Å². The van der Waals surface area contributed by atoms with E-state index in [1.165, 1.54) is 0 Å². The molecule has 1 saturated heterocycles. The zero-order valence-electron chi connectivity index (χ0n) is 17.3. The lowest BCUT2D eigenvalue weighted by Gasteiger charge is -2.40. The van der Waals surface area contributed by atoms with Crippen molar-refractivity contribution in [2.45, 2.75) is 73.3 Å². The van der Waals surface area contributed by atoms with Crippen LogP contribution in [0.25, 0.3) is 0 Å². The van der Waals surface area contributed by atoms with Crippen molar-refractivity contribution < 1.29 is 14.3 Å². The van der Waals surface area contributed by atoms with Crippen molar-refractivity contribution in [1.82, 2.24) is 10.2 Å². The molecule has 0 aromatic carbocycles. The SMILES string of the molecule is CNC(=O)C1CCN(CC(C)(C)CC(C)(C)CC(=O)OC(C)C)CC1. The summed E-state index contributed by atoms with van der Waals surface area (Å²) in [5.74, 6) is 0.220. The maximum Gasteiger partial charge on any atom is 0.306 e. The Morgan fingerprint density at radius 3 is 2.16 bits per heavy atom. The number of ether oxygens (including phenoxy) is 1. The molecule has 0 radical (unpaired) electrons. The van der Waals surface area contributed by atoms with Gasteiger partial charge in [-0.1, -0.05) is 27.7 Å². The van der Waals surface area contributed by atoms with Gasteiger partial charge in [-0.2, -0.15) is 0 Å². The summed E-state index contributed by atoms with van der Waals surface area (Å²) < 4.78 is 5.31. The lowest BCUT2D eigenvalue weighted by molar-refractivity contribution is -0.150. The molecule has 0 spiro atoms. The maximum absolute atomic E-state index is 12.0. The van der Waals surface area contributed by atoms with E-state index in [1.807, 2.05) is 13.8 Å². The highest BCUT2D eigenvalue weighted by molar-refractivity contribution is 5.78. The molecule has 5 heteroatoms. The van der Waals surface area contributed by atoms with E-state index in [0.29, 0.717) is 6.42 Å². The van der Waals surface area contributed by atoms with Gasteiger partial charge in [0.05, 0.1) is 12.5 Å². The van der Waals surface area contributed by atoms with E-state index < -0.39 is 0 Å². The normalized spacial score (nSPS) is 17.6. The highest BCUT2D eigenvalue weighted by Crippen LogP contribution is 2.37. The third-order valence-corrected chi connectivity index (χ3v) is 4.80. The molecular formula is C20H38N2O3. The molecule has 0 unspecified atom stereocenters. The lowest BCUT2D eigenvalue weighted by Crippen LogP contribution is -2.44. The molecule has 0 atom stereocenters. The molecule has 1 heterocycles. The Kier molecular flexibility index (Phi) is 7.91. The quantitative estimate of drug-likeness (QED) is 0.680. The average Bonchev–Trinajstić information content (AvgIpc) is 2.43. The molecule has 1 amide bonds. The first kappa shape index (κ1) is 21.9. The van der Waals surface area contributed by atoms with Crippen molar-refractivity contribution in [3.8, 4) is 0 Å². The summed E-state index contributed by atoms with van der Waals surface area (Å²) in [6.45, 7) is 15.5. The van der Waals surface area contributed by atoms with Crippen molar-refractivity contribution in [3.63, 3.8) is 0 Å². The van der Waals surface area contributed by atoms with Gasteiger partial charge in [0, 0.05) is 19.5 Å². The van der Waals surface area contributed by atoms with E-state index in [9.17, 15) is 9.59 Å². The van der Waals surface area contributed by atoms with Gasteiger partial charge < -0.3 is 15.0 Å². The van der Waals surface area contributed by atoms with Crippen LogP contribution in [0.4, 0.5) is 0 Å². The number of hydrogen-bond donors (Lipinski definition) is 1. The monoisotopic (exact) mass is 354 g/mol. The maximum atomic E-state index is 12.0. The zero-order chi connectivity index (χ0) is 19.3. The zero-order valence-corrected chi connectivity index (χ0v) is 17.3. The highest BCUT2D eigenvalue weighted by atomic mass is 16.5. The summed E-state index contributed by atoms with van der Waals surface area (Å²) in [6, 6.07) is 0. The van der Waals surface area contributed by atoms with E-state index in [1.54, 1.807) is 7.05 Å². The van der Waals surface area contributed by atoms with Gasteiger partial charge in [0.15, 0.2) is 0 Å². The standard InChI is InChI=1S/C20H38N2O3/c1-15(2)25-17(23)12-19(3,4)13-20(5,6)14-22-10-8-16(9-11-22)18(24)21-7/h15-16H,8-14H2,1-7H3,(H,21,24). The molecule has 0 bridgehead atoms. The van der Waals surface area contributed by atoms with Crippen molar-refractivity contribution in [3.05, 3.63) is 0 Å². The van der Waals surface area contributed by atoms with Gasteiger partial charge in [-0.05, 0) is 57.0 Å². The largest absolute Gasteiger partial charge is 0.463 e. The minimum Gasteiger partial charge on any atom is -0.463 e. The molecule has 1 fully saturated rings. The fourth-order valence-electron chi connectivity index (χ4n) is 4.27. The molecule has 0 aromatic heterocycles. The van der Waals surface area contributed by atoms with Crippen molar-refractivity contribution in [2.24, 2.45) is 16.7 Å². The summed E-state index contributed by atoms with van der Waals surface area (Å²) in [5, 5.41) is 2.76. The highest BCUT2D eigenvalue weighted by Gasteiger charge is 2.34. The third-order valence-electron chi connectivity index (χ3n) is 4.80. The van der Waals surface area contributed by atoms with Crippen LogP contribution in [0.5, 0.6) is 0 Å². The molecule has 1 rings (SSSR count). The van der Waals surface area contributed by atoms with Crippen LogP contribution >= 0.6 is 0 Å². The van der Waals surface area contributed by atoms with Crippen molar-refractivity contribution in [1.29, 1.82) is 0 Å². The van der Waals surface area contributed by atoms with Crippen LogP contribution in [0.15, 0.2) is 0 Å². The van der Waals surface area contributed by atoms with E-state index >= 15 is 0 Å². The second-order valence-electron chi connectivity index (χ2n) is 9.39. The second-order valence-corrected chi connectivity index (χ2v) is 9.39. The molecule has 1 aliphatic rings. The van der Waals surface area contributed by atoms with Crippen LogP contribution in [0.3, 0.4) is 0 Å². The van der Waals surface area contributed by atoms with Crippen LogP contribution < -0.4 is 5.32 Å². The predicted molar refractivity (Wildman–Crippen MR) is 101 cm³/mol. The first-order chi connectivity index (χ1) is 11.4. The van der Waals surface area contributed by atoms with Gasteiger partial charge in [-0.25, -0.2) is 0 Å².